The number of benzene rings is 1. The van der Waals surface area contributed by atoms with Gasteiger partial charge in [-0.25, -0.2) is 4.39 Å². The molecule has 0 spiro atoms. The smallest absolute Gasteiger partial charge is 0.126 e. The van der Waals surface area contributed by atoms with E-state index in [-0.39, 0.29) is 5.54 Å². The maximum atomic E-state index is 14.1. The molecule has 4 heteroatoms. The van der Waals surface area contributed by atoms with Gasteiger partial charge in [-0.3, -0.25) is 0 Å². The van der Waals surface area contributed by atoms with E-state index in [9.17, 15) is 4.39 Å². The lowest BCUT2D eigenvalue weighted by Gasteiger charge is -2.22. The predicted octanol–water partition coefficient (Wildman–Crippen LogP) is 3.54. The Bertz CT molecular complexity index is 456. The Labute approximate surface area is 119 Å². The van der Waals surface area contributed by atoms with Gasteiger partial charge in [0.25, 0.3) is 0 Å². The SMILES string of the molecule is CC(C)(C)NCC(F)Cc1cc(Cl)cc2c1OCC2. The van der Waals surface area contributed by atoms with Gasteiger partial charge in [0.15, 0.2) is 0 Å². The van der Waals surface area contributed by atoms with Crippen LogP contribution in [0, 0.1) is 0 Å². The fourth-order valence-corrected chi connectivity index (χ4v) is 2.49. The molecule has 19 heavy (non-hydrogen) atoms. The molecule has 0 aliphatic carbocycles. The van der Waals surface area contributed by atoms with Gasteiger partial charge in [-0.2, -0.15) is 0 Å². The monoisotopic (exact) mass is 285 g/mol. The molecule has 0 bridgehead atoms. The van der Waals surface area contributed by atoms with Crippen LogP contribution in [0.25, 0.3) is 0 Å². The Hall–Kier alpha value is -0.800. The first kappa shape index (κ1) is 14.6. The van der Waals surface area contributed by atoms with E-state index < -0.39 is 6.17 Å². The van der Waals surface area contributed by atoms with E-state index in [4.69, 9.17) is 16.3 Å². The van der Waals surface area contributed by atoms with Gasteiger partial charge in [0.1, 0.15) is 11.9 Å². The largest absolute Gasteiger partial charge is 0.493 e. The molecule has 0 aromatic heterocycles. The van der Waals surface area contributed by atoms with Crippen LogP contribution in [-0.4, -0.2) is 24.9 Å². The summed E-state index contributed by atoms with van der Waals surface area (Å²) in [7, 11) is 0. The summed E-state index contributed by atoms with van der Waals surface area (Å²) in [5.74, 6) is 0.836. The fraction of sp³-hybridized carbons (Fsp3) is 0.600. The molecule has 1 unspecified atom stereocenters. The van der Waals surface area contributed by atoms with E-state index in [1.807, 2.05) is 32.9 Å². The second-order valence-electron chi connectivity index (χ2n) is 6.08. The summed E-state index contributed by atoms with van der Waals surface area (Å²) in [6.45, 7) is 7.09. The molecule has 2 nitrogen and oxygen atoms in total. The van der Waals surface area contributed by atoms with Crippen molar-refractivity contribution in [1.29, 1.82) is 0 Å². The highest BCUT2D eigenvalue weighted by Gasteiger charge is 2.21. The Kier molecular flexibility index (Phi) is 4.36. The van der Waals surface area contributed by atoms with E-state index in [2.05, 4.69) is 5.32 Å². The first-order valence-corrected chi connectivity index (χ1v) is 7.06. The summed E-state index contributed by atoms with van der Waals surface area (Å²) in [5, 5.41) is 3.84. The quantitative estimate of drug-likeness (QED) is 0.913. The third-order valence-corrected chi connectivity index (χ3v) is 3.34. The van der Waals surface area contributed by atoms with Gasteiger partial charge in [-0.15, -0.1) is 0 Å². The van der Waals surface area contributed by atoms with Gasteiger partial charge >= 0.3 is 0 Å². The van der Waals surface area contributed by atoms with Crippen molar-refractivity contribution in [3.05, 3.63) is 28.3 Å². The van der Waals surface area contributed by atoms with Crippen molar-refractivity contribution in [2.24, 2.45) is 0 Å². The first-order chi connectivity index (χ1) is 8.85. The lowest BCUT2D eigenvalue weighted by molar-refractivity contribution is 0.280. The molecule has 2 rings (SSSR count). The lowest BCUT2D eigenvalue weighted by Crippen LogP contribution is -2.40. The Morgan fingerprint density at radius 2 is 2.16 bits per heavy atom. The van der Waals surface area contributed by atoms with Crippen molar-refractivity contribution < 1.29 is 9.13 Å². The van der Waals surface area contributed by atoms with Crippen molar-refractivity contribution in [3.63, 3.8) is 0 Å². The molecule has 0 amide bonds. The minimum atomic E-state index is -0.939. The van der Waals surface area contributed by atoms with E-state index in [1.165, 1.54) is 0 Å². The number of halogens is 2. The molecular formula is C15H21ClFNO. The van der Waals surface area contributed by atoms with E-state index in [1.54, 1.807) is 0 Å². The van der Waals surface area contributed by atoms with Crippen molar-refractivity contribution in [1.82, 2.24) is 5.32 Å². The Morgan fingerprint density at radius 1 is 1.42 bits per heavy atom. The second-order valence-corrected chi connectivity index (χ2v) is 6.52. The fourth-order valence-electron chi connectivity index (χ4n) is 2.23. The summed E-state index contributed by atoms with van der Waals surface area (Å²) in [6.07, 6.45) is 0.262. The molecule has 1 aromatic rings. The van der Waals surface area contributed by atoms with Gasteiger partial charge in [0.2, 0.25) is 0 Å². The molecule has 1 aromatic carbocycles. The topological polar surface area (TPSA) is 21.3 Å². The molecule has 1 aliphatic heterocycles. The maximum Gasteiger partial charge on any atom is 0.126 e. The van der Waals surface area contributed by atoms with Crippen molar-refractivity contribution in [3.8, 4) is 5.75 Å². The van der Waals surface area contributed by atoms with Crippen LogP contribution in [0.5, 0.6) is 5.75 Å². The zero-order valence-electron chi connectivity index (χ0n) is 11.7. The van der Waals surface area contributed by atoms with Crippen LogP contribution in [0.3, 0.4) is 0 Å². The first-order valence-electron chi connectivity index (χ1n) is 6.68. The Morgan fingerprint density at radius 3 is 2.84 bits per heavy atom. The maximum absolute atomic E-state index is 14.1. The summed E-state index contributed by atoms with van der Waals surface area (Å²) < 4.78 is 19.6. The minimum Gasteiger partial charge on any atom is -0.493 e. The third kappa shape index (κ3) is 4.08. The number of fused-ring (bicyclic) bond motifs is 1. The number of alkyl halides is 1. The Balaban J connectivity index is 2.03. The van der Waals surface area contributed by atoms with Gasteiger partial charge < -0.3 is 10.1 Å². The lowest BCUT2D eigenvalue weighted by atomic mass is 10.0. The molecule has 1 N–H and O–H groups in total. The number of hydrogen-bond donors (Lipinski definition) is 1. The van der Waals surface area contributed by atoms with Crippen molar-refractivity contribution in [2.75, 3.05) is 13.2 Å². The van der Waals surface area contributed by atoms with Gasteiger partial charge in [-0.1, -0.05) is 11.6 Å². The number of rotatable bonds is 4. The molecule has 0 radical (unpaired) electrons. The van der Waals surface area contributed by atoms with E-state index in [0.29, 0.717) is 24.6 Å². The van der Waals surface area contributed by atoms with Crippen molar-refractivity contribution >= 4 is 11.6 Å². The molecule has 0 saturated carbocycles. The van der Waals surface area contributed by atoms with E-state index in [0.717, 1.165) is 23.3 Å². The van der Waals surface area contributed by atoms with Crippen LogP contribution in [-0.2, 0) is 12.8 Å². The van der Waals surface area contributed by atoms with Gasteiger partial charge in [0, 0.05) is 29.9 Å². The summed E-state index contributed by atoms with van der Waals surface area (Å²) in [5.41, 5.74) is 1.90. The summed E-state index contributed by atoms with van der Waals surface area (Å²) >= 11 is 6.07. The van der Waals surface area contributed by atoms with Crippen LogP contribution in [0.2, 0.25) is 5.02 Å². The third-order valence-electron chi connectivity index (χ3n) is 3.12. The summed E-state index contributed by atoms with van der Waals surface area (Å²) in [4.78, 5) is 0. The standard InChI is InChI=1S/C15H21ClFNO/c1-15(2,3)18-9-13(17)8-11-7-12(16)6-10-4-5-19-14(10)11/h6-7,13,18H,4-5,8-9H2,1-3H3. The van der Waals surface area contributed by atoms with Crippen LogP contribution >= 0.6 is 11.6 Å². The molecule has 106 valence electrons. The average molecular weight is 286 g/mol. The molecule has 0 saturated heterocycles. The molecule has 1 aliphatic rings. The minimum absolute atomic E-state index is 0.0723. The molecule has 0 fully saturated rings. The van der Waals surface area contributed by atoms with E-state index >= 15 is 0 Å². The molecule has 1 heterocycles. The van der Waals surface area contributed by atoms with Gasteiger partial charge in [0.05, 0.1) is 6.61 Å². The zero-order valence-corrected chi connectivity index (χ0v) is 12.5. The average Bonchev–Trinajstić information content (AvgIpc) is 2.73. The second kappa shape index (κ2) is 5.68. The molecule has 1 atom stereocenters. The number of hydrogen-bond acceptors (Lipinski definition) is 2. The van der Waals surface area contributed by atoms with Crippen LogP contribution < -0.4 is 10.1 Å². The zero-order chi connectivity index (χ0) is 14.0. The van der Waals surface area contributed by atoms with Crippen LogP contribution in [0.4, 0.5) is 4.39 Å². The summed E-state index contributed by atoms with van der Waals surface area (Å²) in [6, 6.07) is 3.73. The van der Waals surface area contributed by atoms with Crippen LogP contribution in [0.15, 0.2) is 12.1 Å². The molecular weight excluding hydrogens is 265 g/mol. The van der Waals surface area contributed by atoms with Crippen LogP contribution in [0.1, 0.15) is 31.9 Å². The number of ether oxygens (including phenoxy) is 1. The van der Waals surface area contributed by atoms with Gasteiger partial charge in [-0.05, 0) is 44.0 Å². The number of nitrogens with one attached hydrogen (secondary N) is 1. The highest BCUT2D eigenvalue weighted by Crippen LogP contribution is 2.33. The normalized spacial score (nSPS) is 16.1. The highest BCUT2D eigenvalue weighted by atomic mass is 35.5. The predicted molar refractivity (Wildman–Crippen MR) is 77.0 cm³/mol. The van der Waals surface area contributed by atoms with Crippen molar-refractivity contribution in [2.45, 2.75) is 45.3 Å². The highest BCUT2D eigenvalue weighted by molar-refractivity contribution is 6.30.